The van der Waals surface area contributed by atoms with Crippen LogP contribution in [0.1, 0.15) is 79.9 Å². The lowest BCUT2D eigenvalue weighted by molar-refractivity contribution is 0.0721. The fourth-order valence-corrected chi connectivity index (χ4v) is 5.53. The molecule has 3 N–H and O–H groups in total. The fraction of sp³-hybridized carbons (Fsp3) is 0.536. The lowest BCUT2D eigenvalue weighted by atomic mass is 9.89. The van der Waals surface area contributed by atoms with Crippen LogP contribution < -0.4 is 5.32 Å². The van der Waals surface area contributed by atoms with E-state index in [0.717, 1.165) is 11.6 Å². The standard InChI is InChI=1S/C28H40ClN7O/c1-3-15-35(16-4-2)24-9-7-23(8-10-24)34-18-22-6-5-21(17-25(22)29)28(37)36(19-26-30-11-12-31-26)20-27-32-13-14-33-27/h5-6,11-14,17,23-24,34H,3-4,7-10,15-16,18-20H2,1-2H3,(H,30,31)(H,32,33)/t23-,24-. The highest BCUT2D eigenvalue weighted by atomic mass is 35.5. The minimum absolute atomic E-state index is 0.115. The summed E-state index contributed by atoms with van der Waals surface area (Å²) < 4.78 is 0. The summed E-state index contributed by atoms with van der Waals surface area (Å²) in [5, 5.41) is 4.32. The van der Waals surface area contributed by atoms with Crippen molar-refractivity contribution in [2.24, 2.45) is 0 Å². The number of carbonyl (C=O) groups is 1. The van der Waals surface area contributed by atoms with Crippen molar-refractivity contribution >= 4 is 17.5 Å². The second-order valence-electron chi connectivity index (χ2n) is 9.96. The zero-order chi connectivity index (χ0) is 26.0. The average molecular weight is 526 g/mol. The van der Waals surface area contributed by atoms with Crippen molar-refractivity contribution in [3.63, 3.8) is 0 Å². The molecule has 37 heavy (non-hydrogen) atoms. The van der Waals surface area contributed by atoms with Crippen molar-refractivity contribution in [1.29, 1.82) is 0 Å². The van der Waals surface area contributed by atoms with Gasteiger partial charge >= 0.3 is 0 Å². The highest BCUT2D eigenvalue weighted by Crippen LogP contribution is 2.25. The van der Waals surface area contributed by atoms with Gasteiger partial charge in [0.25, 0.3) is 5.91 Å². The van der Waals surface area contributed by atoms with Gasteiger partial charge in [0.2, 0.25) is 0 Å². The number of rotatable bonds is 13. The minimum atomic E-state index is -0.115. The molecule has 1 aliphatic rings. The molecule has 0 bridgehead atoms. The van der Waals surface area contributed by atoms with Crippen molar-refractivity contribution in [3.05, 3.63) is 70.8 Å². The van der Waals surface area contributed by atoms with Crippen LogP contribution in [0.2, 0.25) is 5.02 Å². The number of imidazole rings is 2. The maximum absolute atomic E-state index is 13.4. The summed E-state index contributed by atoms with van der Waals surface area (Å²) >= 11 is 6.66. The van der Waals surface area contributed by atoms with Crippen LogP contribution >= 0.6 is 11.6 Å². The number of nitrogens with zero attached hydrogens (tertiary/aromatic N) is 4. The number of hydrogen-bond acceptors (Lipinski definition) is 5. The number of aromatic nitrogens is 4. The van der Waals surface area contributed by atoms with E-state index in [1.165, 1.54) is 51.6 Å². The Labute approximate surface area is 225 Å². The van der Waals surface area contributed by atoms with Crippen molar-refractivity contribution < 1.29 is 4.79 Å². The largest absolute Gasteiger partial charge is 0.347 e. The van der Waals surface area contributed by atoms with Gasteiger partial charge in [-0.15, -0.1) is 0 Å². The van der Waals surface area contributed by atoms with E-state index in [9.17, 15) is 4.79 Å². The first-order chi connectivity index (χ1) is 18.1. The van der Waals surface area contributed by atoms with E-state index in [0.29, 0.717) is 47.9 Å². The molecule has 0 unspecified atom stereocenters. The van der Waals surface area contributed by atoms with Gasteiger partial charge in [0.15, 0.2) is 0 Å². The number of halogens is 1. The number of carbonyl (C=O) groups excluding carboxylic acids is 1. The van der Waals surface area contributed by atoms with Crippen LogP contribution in [-0.2, 0) is 19.6 Å². The van der Waals surface area contributed by atoms with E-state index in [-0.39, 0.29) is 5.91 Å². The van der Waals surface area contributed by atoms with Crippen LogP contribution in [0.25, 0.3) is 0 Å². The Kier molecular flexibility index (Phi) is 10.2. The van der Waals surface area contributed by atoms with Gasteiger partial charge in [-0.3, -0.25) is 4.79 Å². The monoisotopic (exact) mass is 525 g/mol. The number of nitrogens with one attached hydrogen (secondary N) is 3. The van der Waals surface area contributed by atoms with Gasteiger partial charge in [0, 0.05) is 54.0 Å². The second-order valence-corrected chi connectivity index (χ2v) is 10.4. The molecule has 1 aromatic carbocycles. The van der Waals surface area contributed by atoms with E-state index >= 15 is 0 Å². The molecule has 1 aliphatic carbocycles. The van der Waals surface area contributed by atoms with E-state index in [4.69, 9.17) is 11.6 Å². The summed E-state index contributed by atoms with van der Waals surface area (Å²) in [6.45, 7) is 8.37. The van der Waals surface area contributed by atoms with Gasteiger partial charge in [-0.25, -0.2) is 9.97 Å². The molecule has 0 spiro atoms. The summed E-state index contributed by atoms with van der Waals surface area (Å²) in [4.78, 5) is 32.5. The maximum atomic E-state index is 13.4. The topological polar surface area (TPSA) is 92.9 Å². The minimum Gasteiger partial charge on any atom is -0.347 e. The molecule has 0 saturated heterocycles. The third kappa shape index (κ3) is 7.66. The van der Waals surface area contributed by atoms with E-state index in [1.54, 1.807) is 35.8 Å². The zero-order valence-corrected chi connectivity index (χ0v) is 22.8. The first-order valence-electron chi connectivity index (χ1n) is 13.6. The quantitative estimate of drug-likeness (QED) is 0.287. The zero-order valence-electron chi connectivity index (χ0n) is 22.0. The van der Waals surface area contributed by atoms with Crippen molar-refractivity contribution in [2.45, 2.75) is 84.1 Å². The Bertz CT molecular complexity index is 1040. The fourth-order valence-electron chi connectivity index (χ4n) is 5.29. The van der Waals surface area contributed by atoms with E-state index in [1.807, 2.05) is 12.1 Å². The number of aromatic amines is 2. The molecule has 1 fully saturated rings. The van der Waals surface area contributed by atoms with Gasteiger partial charge in [-0.1, -0.05) is 31.5 Å². The van der Waals surface area contributed by atoms with Crippen LogP contribution in [0.5, 0.6) is 0 Å². The molecular weight excluding hydrogens is 486 g/mol. The molecule has 4 rings (SSSR count). The Morgan fingerprint density at radius 2 is 1.62 bits per heavy atom. The molecule has 0 aliphatic heterocycles. The molecule has 8 nitrogen and oxygen atoms in total. The first kappa shape index (κ1) is 27.4. The number of amides is 1. The Hall–Kier alpha value is -2.68. The number of hydrogen-bond donors (Lipinski definition) is 3. The maximum Gasteiger partial charge on any atom is 0.254 e. The van der Waals surface area contributed by atoms with Gasteiger partial charge < -0.3 is 25.1 Å². The Balaban J connectivity index is 1.33. The summed E-state index contributed by atoms with van der Waals surface area (Å²) in [6.07, 6.45) is 14.2. The number of benzene rings is 1. The van der Waals surface area contributed by atoms with Crippen LogP contribution in [0.4, 0.5) is 0 Å². The molecule has 200 valence electrons. The predicted octanol–water partition coefficient (Wildman–Crippen LogP) is 5.15. The summed E-state index contributed by atoms with van der Waals surface area (Å²) in [6, 6.07) is 6.85. The first-order valence-corrected chi connectivity index (χ1v) is 14.0. The van der Waals surface area contributed by atoms with Gasteiger partial charge in [-0.2, -0.15) is 0 Å². The molecule has 2 heterocycles. The van der Waals surface area contributed by atoms with Gasteiger partial charge in [0.1, 0.15) is 11.6 Å². The normalized spacial score (nSPS) is 17.8. The van der Waals surface area contributed by atoms with Crippen LogP contribution in [0.3, 0.4) is 0 Å². The van der Waals surface area contributed by atoms with E-state index in [2.05, 4.69) is 44.0 Å². The van der Waals surface area contributed by atoms with Crippen molar-refractivity contribution in [2.75, 3.05) is 13.1 Å². The molecule has 1 amide bonds. The SMILES string of the molecule is CCCN(CCC)[C@H]1CC[C@H](NCc2ccc(C(=O)N(Cc3ncc[nH]3)Cc3ncc[nH]3)cc2Cl)CC1. The van der Waals surface area contributed by atoms with E-state index < -0.39 is 0 Å². The molecule has 1 saturated carbocycles. The molecule has 3 aromatic rings. The number of H-pyrrole nitrogens is 2. The molecule has 9 heteroatoms. The van der Waals surface area contributed by atoms with Crippen molar-refractivity contribution in [1.82, 2.24) is 35.1 Å². The third-order valence-electron chi connectivity index (χ3n) is 7.19. The van der Waals surface area contributed by atoms with Gasteiger partial charge in [0.05, 0.1) is 13.1 Å². The van der Waals surface area contributed by atoms with Crippen LogP contribution in [0, 0.1) is 0 Å². The summed E-state index contributed by atoms with van der Waals surface area (Å²) in [5.41, 5.74) is 1.57. The lowest BCUT2D eigenvalue weighted by Gasteiger charge is -2.37. The highest BCUT2D eigenvalue weighted by molar-refractivity contribution is 6.31. The van der Waals surface area contributed by atoms with Gasteiger partial charge in [-0.05, 0) is 69.3 Å². The Morgan fingerprint density at radius 1 is 1.00 bits per heavy atom. The summed E-state index contributed by atoms with van der Waals surface area (Å²) in [7, 11) is 0. The highest BCUT2D eigenvalue weighted by Gasteiger charge is 2.25. The third-order valence-corrected chi connectivity index (χ3v) is 7.55. The van der Waals surface area contributed by atoms with Crippen LogP contribution in [-0.4, -0.2) is 60.8 Å². The Morgan fingerprint density at radius 3 is 2.14 bits per heavy atom. The molecule has 0 atom stereocenters. The molecule has 2 aromatic heterocycles. The van der Waals surface area contributed by atoms with Crippen LogP contribution in [0.15, 0.2) is 43.0 Å². The summed E-state index contributed by atoms with van der Waals surface area (Å²) in [5.74, 6) is 1.32. The lowest BCUT2D eigenvalue weighted by Crippen LogP contribution is -2.43. The van der Waals surface area contributed by atoms with Crippen molar-refractivity contribution in [3.8, 4) is 0 Å². The smallest absolute Gasteiger partial charge is 0.254 e. The molecule has 0 radical (unpaired) electrons. The predicted molar refractivity (Wildman–Crippen MR) is 147 cm³/mol. The average Bonchev–Trinajstić information content (AvgIpc) is 3.62. The second kappa shape index (κ2) is 13.7. The molecular formula is C28H40ClN7O.